The van der Waals surface area contributed by atoms with Crippen LogP contribution in [0.25, 0.3) is 0 Å². The molecule has 0 bridgehead atoms. The molecule has 0 aliphatic carbocycles. The number of carbonyl (C=O) groups is 1. The highest BCUT2D eigenvalue weighted by molar-refractivity contribution is 6.34. The molecule has 0 radical (unpaired) electrons. The van der Waals surface area contributed by atoms with Crippen LogP contribution in [0.2, 0.25) is 5.02 Å². The van der Waals surface area contributed by atoms with E-state index in [2.05, 4.69) is 41.8 Å². The first kappa shape index (κ1) is 17.6. The van der Waals surface area contributed by atoms with Crippen LogP contribution in [0.1, 0.15) is 21.5 Å². The van der Waals surface area contributed by atoms with Crippen LogP contribution in [-0.2, 0) is 0 Å². The number of aryl methyl sites for hydroxylation is 1. The van der Waals surface area contributed by atoms with Crippen LogP contribution in [0.4, 0.5) is 5.69 Å². The van der Waals surface area contributed by atoms with Gasteiger partial charge < -0.3 is 9.80 Å². The second-order valence-corrected chi connectivity index (χ2v) is 6.81. The molecule has 1 saturated heterocycles. The van der Waals surface area contributed by atoms with Crippen molar-refractivity contribution < 1.29 is 4.79 Å². The first-order valence-corrected chi connectivity index (χ1v) is 8.96. The number of benzene rings is 2. The second-order valence-electron chi connectivity index (χ2n) is 6.40. The lowest BCUT2D eigenvalue weighted by Crippen LogP contribution is -2.44. The zero-order valence-corrected chi connectivity index (χ0v) is 15.5. The van der Waals surface area contributed by atoms with Crippen LogP contribution >= 0.6 is 11.6 Å². The maximum Gasteiger partial charge on any atom is 0.188 e. The number of rotatable bonds is 4. The molecular formula is C21H23ClN2O. The highest BCUT2D eigenvalue weighted by Crippen LogP contribution is 2.24. The van der Waals surface area contributed by atoms with Gasteiger partial charge in [-0.05, 0) is 43.2 Å². The predicted octanol–water partition coefficient (Wildman–Crippen LogP) is 4.48. The topological polar surface area (TPSA) is 23.6 Å². The summed E-state index contributed by atoms with van der Waals surface area (Å²) in [5.74, 6) is -0.0532. The molecule has 0 amide bonds. The molecule has 3 nitrogen and oxygen atoms in total. The summed E-state index contributed by atoms with van der Waals surface area (Å²) in [4.78, 5) is 16.9. The van der Waals surface area contributed by atoms with Crippen molar-refractivity contribution in [2.75, 3.05) is 31.1 Å². The Hall–Kier alpha value is -2.26. The maximum absolute atomic E-state index is 12.3. The number of nitrogens with zero attached hydrogens (tertiary/aromatic N) is 2. The van der Waals surface area contributed by atoms with Gasteiger partial charge in [0, 0.05) is 49.7 Å². The molecule has 1 aliphatic heterocycles. The van der Waals surface area contributed by atoms with Crippen molar-refractivity contribution >= 4 is 23.1 Å². The molecule has 3 rings (SSSR count). The van der Waals surface area contributed by atoms with E-state index in [1.165, 1.54) is 16.8 Å². The van der Waals surface area contributed by atoms with E-state index in [4.69, 9.17) is 11.6 Å². The Morgan fingerprint density at radius 1 is 1.00 bits per heavy atom. The summed E-state index contributed by atoms with van der Waals surface area (Å²) in [5, 5.41) is 0.497. The van der Waals surface area contributed by atoms with Crippen molar-refractivity contribution in [2.24, 2.45) is 0 Å². The van der Waals surface area contributed by atoms with E-state index in [9.17, 15) is 4.79 Å². The molecule has 4 heteroatoms. The predicted molar refractivity (Wildman–Crippen MR) is 105 cm³/mol. The lowest BCUT2D eigenvalue weighted by molar-refractivity contribution is 0.104. The van der Waals surface area contributed by atoms with Crippen LogP contribution < -0.4 is 4.90 Å². The smallest absolute Gasteiger partial charge is 0.188 e. The molecule has 2 aromatic carbocycles. The average Bonchev–Trinajstić information content (AvgIpc) is 2.63. The fourth-order valence-electron chi connectivity index (χ4n) is 3.11. The highest BCUT2D eigenvalue weighted by atomic mass is 35.5. The molecule has 1 aliphatic rings. The molecule has 0 N–H and O–H groups in total. The number of allylic oxidation sites excluding steroid dienone is 1. The first-order valence-electron chi connectivity index (χ1n) is 8.58. The number of anilines is 1. The van der Waals surface area contributed by atoms with Crippen molar-refractivity contribution in [2.45, 2.75) is 13.8 Å². The van der Waals surface area contributed by atoms with Crippen molar-refractivity contribution in [3.63, 3.8) is 0 Å². The summed E-state index contributed by atoms with van der Waals surface area (Å²) < 4.78 is 0. The van der Waals surface area contributed by atoms with Gasteiger partial charge in [-0.2, -0.15) is 0 Å². The monoisotopic (exact) mass is 354 g/mol. The second kappa shape index (κ2) is 7.75. The summed E-state index contributed by atoms with van der Waals surface area (Å²) in [6.07, 6.45) is 3.51. The zero-order chi connectivity index (χ0) is 17.8. The molecule has 1 fully saturated rings. The maximum atomic E-state index is 12.3. The van der Waals surface area contributed by atoms with Gasteiger partial charge in [0.05, 0.1) is 5.02 Å². The van der Waals surface area contributed by atoms with E-state index in [-0.39, 0.29) is 5.78 Å². The molecular weight excluding hydrogens is 332 g/mol. The van der Waals surface area contributed by atoms with Gasteiger partial charge in [-0.3, -0.25) is 4.79 Å². The summed E-state index contributed by atoms with van der Waals surface area (Å²) in [6, 6.07) is 13.6. The first-order chi connectivity index (χ1) is 12.1. The van der Waals surface area contributed by atoms with Crippen molar-refractivity contribution in [1.82, 2.24) is 4.90 Å². The van der Waals surface area contributed by atoms with Crippen LogP contribution in [0.15, 0.2) is 54.7 Å². The number of hydrogen-bond donors (Lipinski definition) is 0. The molecule has 0 aromatic heterocycles. The van der Waals surface area contributed by atoms with Gasteiger partial charge >= 0.3 is 0 Å². The molecule has 2 aromatic rings. The van der Waals surface area contributed by atoms with Crippen LogP contribution in [0, 0.1) is 13.8 Å². The molecule has 25 heavy (non-hydrogen) atoms. The minimum atomic E-state index is -0.0532. The number of piperazine rings is 1. The number of hydrogen-bond acceptors (Lipinski definition) is 3. The Labute approximate surface area is 154 Å². The van der Waals surface area contributed by atoms with Gasteiger partial charge in [0.25, 0.3) is 0 Å². The van der Waals surface area contributed by atoms with Gasteiger partial charge in [-0.1, -0.05) is 35.9 Å². The Bertz CT molecular complexity index is 792. The van der Waals surface area contributed by atoms with Gasteiger partial charge in [-0.15, -0.1) is 0 Å². The average molecular weight is 355 g/mol. The minimum absolute atomic E-state index is 0.0532. The summed E-state index contributed by atoms with van der Waals surface area (Å²) in [5.41, 5.74) is 4.54. The van der Waals surface area contributed by atoms with E-state index in [1.807, 2.05) is 18.3 Å². The van der Waals surface area contributed by atoms with Gasteiger partial charge in [0.15, 0.2) is 5.78 Å². The highest BCUT2D eigenvalue weighted by Gasteiger charge is 2.17. The molecule has 0 unspecified atom stereocenters. The van der Waals surface area contributed by atoms with E-state index in [0.717, 1.165) is 26.2 Å². The lowest BCUT2D eigenvalue weighted by Gasteiger charge is -2.36. The number of carbonyl (C=O) groups excluding carboxylic acids is 1. The Kier molecular flexibility index (Phi) is 5.44. The van der Waals surface area contributed by atoms with Crippen LogP contribution in [0.5, 0.6) is 0 Å². The van der Waals surface area contributed by atoms with Gasteiger partial charge in [0.2, 0.25) is 0 Å². The summed E-state index contributed by atoms with van der Waals surface area (Å²) in [7, 11) is 0. The summed E-state index contributed by atoms with van der Waals surface area (Å²) in [6.45, 7) is 8.04. The largest absolute Gasteiger partial charge is 0.374 e. The summed E-state index contributed by atoms with van der Waals surface area (Å²) >= 11 is 6.08. The van der Waals surface area contributed by atoms with E-state index >= 15 is 0 Å². The molecule has 0 spiro atoms. The van der Waals surface area contributed by atoms with Crippen molar-refractivity contribution in [1.29, 1.82) is 0 Å². The van der Waals surface area contributed by atoms with Crippen LogP contribution in [-0.4, -0.2) is 36.9 Å². The third-order valence-electron chi connectivity index (χ3n) is 4.81. The quantitative estimate of drug-likeness (QED) is 0.597. The zero-order valence-electron chi connectivity index (χ0n) is 14.7. The molecule has 0 atom stereocenters. The normalized spacial score (nSPS) is 15.0. The van der Waals surface area contributed by atoms with Crippen LogP contribution in [0.3, 0.4) is 0 Å². The number of ketones is 1. The fraction of sp³-hybridized carbons (Fsp3) is 0.286. The fourth-order valence-corrected chi connectivity index (χ4v) is 3.34. The van der Waals surface area contributed by atoms with E-state index in [0.29, 0.717) is 10.6 Å². The van der Waals surface area contributed by atoms with Crippen molar-refractivity contribution in [3.8, 4) is 0 Å². The molecule has 0 saturated carbocycles. The minimum Gasteiger partial charge on any atom is -0.374 e. The SMILES string of the molecule is Cc1cccc(N2CCN(C=CC(=O)c3ccccc3Cl)CC2)c1C. The standard InChI is InChI=1S/C21H23ClN2O/c1-16-6-5-9-20(17(16)2)24-14-12-23(13-15-24)11-10-21(25)18-7-3-4-8-19(18)22/h3-11H,12-15H2,1-2H3. The van der Waals surface area contributed by atoms with Crippen molar-refractivity contribution in [3.05, 3.63) is 76.5 Å². The Morgan fingerprint density at radius 2 is 1.72 bits per heavy atom. The van der Waals surface area contributed by atoms with Gasteiger partial charge in [0.1, 0.15) is 0 Å². The molecule has 130 valence electrons. The van der Waals surface area contributed by atoms with E-state index < -0.39 is 0 Å². The molecule has 1 heterocycles. The van der Waals surface area contributed by atoms with E-state index in [1.54, 1.807) is 18.2 Å². The third kappa shape index (κ3) is 4.05. The Morgan fingerprint density at radius 3 is 2.44 bits per heavy atom. The number of halogens is 1. The van der Waals surface area contributed by atoms with Gasteiger partial charge in [-0.25, -0.2) is 0 Å². The third-order valence-corrected chi connectivity index (χ3v) is 5.14. The lowest BCUT2D eigenvalue weighted by atomic mass is 10.1. The Balaban J connectivity index is 1.60.